The molecule has 0 rings (SSSR count). The van der Waals surface area contributed by atoms with E-state index in [0.717, 1.165) is 12.8 Å². The second-order valence-corrected chi connectivity index (χ2v) is 2.66. The van der Waals surface area contributed by atoms with Crippen LogP contribution in [-0.4, -0.2) is 6.61 Å². The van der Waals surface area contributed by atoms with Crippen molar-refractivity contribution in [2.75, 3.05) is 6.61 Å². The van der Waals surface area contributed by atoms with Crippen molar-refractivity contribution in [3.63, 3.8) is 0 Å². The fourth-order valence-electron chi connectivity index (χ4n) is 0.975. The predicted molar refractivity (Wildman–Crippen MR) is 41.1 cm³/mol. The third-order valence-corrected chi connectivity index (χ3v) is 1.63. The predicted octanol–water partition coefficient (Wildman–Crippen LogP) is 2.64. The standard InChI is InChI=1S/C8H17O3/c1-2-3-4-5-6-7-8-10-11-9/h2-8H2,1H3. The average molecular weight is 161 g/mol. The molecule has 0 amide bonds. The van der Waals surface area contributed by atoms with Crippen LogP contribution in [0.2, 0.25) is 0 Å². The van der Waals surface area contributed by atoms with E-state index in [4.69, 9.17) is 0 Å². The largest absolute Gasteiger partial charge is 0.204 e. The molecule has 3 nitrogen and oxygen atoms in total. The summed E-state index contributed by atoms with van der Waals surface area (Å²) in [4.78, 5) is 4.18. The summed E-state index contributed by atoms with van der Waals surface area (Å²) in [6.07, 6.45) is 7.14. The Morgan fingerprint density at radius 1 is 1.00 bits per heavy atom. The average Bonchev–Trinajstić information content (AvgIpc) is 2.03. The number of rotatable bonds is 8. The highest BCUT2D eigenvalue weighted by Crippen LogP contribution is 2.04. The lowest BCUT2D eigenvalue weighted by Crippen LogP contribution is -1.91. The fraction of sp³-hybridized carbons (Fsp3) is 1.00. The zero-order chi connectivity index (χ0) is 8.36. The lowest BCUT2D eigenvalue weighted by molar-refractivity contribution is -0.527. The minimum atomic E-state index is 0.426. The van der Waals surface area contributed by atoms with E-state index in [1.165, 1.54) is 25.7 Å². The van der Waals surface area contributed by atoms with Crippen LogP contribution in [0.5, 0.6) is 0 Å². The van der Waals surface area contributed by atoms with Crippen molar-refractivity contribution in [3.8, 4) is 0 Å². The maximum Gasteiger partial charge on any atom is 0.0855 e. The van der Waals surface area contributed by atoms with Crippen LogP contribution in [0.15, 0.2) is 0 Å². The Balaban J connectivity index is 2.69. The zero-order valence-electron chi connectivity index (χ0n) is 7.17. The van der Waals surface area contributed by atoms with Crippen molar-refractivity contribution in [3.05, 3.63) is 0 Å². The molecule has 0 aromatic rings. The van der Waals surface area contributed by atoms with Crippen molar-refractivity contribution in [2.45, 2.75) is 45.4 Å². The Morgan fingerprint density at radius 3 is 2.27 bits per heavy atom. The van der Waals surface area contributed by atoms with Crippen LogP contribution in [-0.2, 0) is 15.2 Å². The molecule has 0 saturated carbocycles. The van der Waals surface area contributed by atoms with Gasteiger partial charge in [-0.3, -0.25) is 0 Å². The van der Waals surface area contributed by atoms with Gasteiger partial charge in [0.2, 0.25) is 0 Å². The van der Waals surface area contributed by atoms with E-state index in [-0.39, 0.29) is 0 Å². The van der Waals surface area contributed by atoms with Gasteiger partial charge in [-0.25, -0.2) is 4.89 Å². The Hall–Kier alpha value is -0.120. The van der Waals surface area contributed by atoms with Crippen molar-refractivity contribution in [2.24, 2.45) is 0 Å². The molecule has 0 aliphatic rings. The molecule has 0 aromatic carbocycles. The van der Waals surface area contributed by atoms with E-state index >= 15 is 0 Å². The first-order valence-corrected chi connectivity index (χ1v) is 4.33. The Morgan fingerprint density at radius 2 is 1.64 bits per heavy atom. The lowest BCUT2D eigenvalue weighted by atomic mass is 10.1. The van der Waals surface area contributed by atoms with Gasteiger partial charge < -0.3 is 0 Å². The van der Waals surface area contributed by atoms with E-state index in [9.17, 15) is 5.26 Å². The number of unbranched alkanes of at least 4 members (excludes halogenated alkanes) is 5. The molecule has 0 spiro atoms. The number of hydrogen-bond donors (Lipinski definition) is 0. The molecule has 0 bridgehead atoms. The van der Waals surface area contributed by atoms with Crippen molar-refractivity contribution in [1.82, 2.24) is 0 Å². The minimum absolute atomic E-state index is 0.426. The fourth-order valence-corrected chi connectivity index (χ4v) is 0.975. The second kappa shape index (κ2) is 9.88. The van der Waals surface area contributed by atoms with E-state index in [0.29, 0.717) is 6.61 Å². The Kier molecular flexibility index (Phi) is 9.77. The highest BCUT2D eigenvalue weighted by molar-refractivity contribution is 4.41. The summed E-state index contributed by atoms with van der Waals surface area (Å²) in [5.74, 6) is 0. The topological polar surface area (TPSA) is 38.4 Å². The molecule has 0 N–H and O–H groups in total. The summed E-state index contributed by atoms with van der Waals surface area (Å²) in [5.41, 5.74) is 0. The van der Waals surface area contributed by atoms with Crippen LogP contribution in [0.1, 0.15) is 45.4 Å². The molecule has 0 atom stereocenters. The zero-order valence-corrected chi connectivity index (χ0v) is 7.17. The van der Waals surface area contributed by atoms with Gasteiger partial charge in [0, 0.05) is 0 Å². The normalized spacial score (nSPS) is 10.4. The summed E-state index contributed by atoms with van der Waals surface area (Å²) >= 11 is 0. The summed E-state index contributed by atoms with van der Waals surface area (Å²) in [6.45, 7) is 2.62. The van der Waals surface area contributed by atoms with E-state index in [2.05, 4.69) is 16.8 Å². The molecule has 0 saturated heterocycles. The smallest absolute Gasteiger partial charge is 0.0855 e. The molecule has 3 heteroatoms. The van der Waals surface area contributed by atoms with Crippen LogP contribution in [0.3, 0.4) is 0 Å². The molecule has 11 heavy (non-hydrogen) atoms. The SMILES string of the molecule is CCCCCCCCOO[O]. The van der Waals surface area contributed by atoms with E-state index < -0.39 is 0 Å². The summed E-state index contributed by atoms with van der Waals surface area (Å²) in [7, 11) is 0. The summed E-state index contributed by atoms with van der Waals surface area (Å²) in [6, 6.07) is 0. The van der Waals surface area contributed by atoms with Gasteiger partial charge in [-0.2, -0.15) is 0 Å². The maximum atomic E-state index is 9.34. The van der Waals surface area contributed by atoms with Crippen LogP contribution in [0.25, 0.3) is 0 Å². The quantitative estimate of drug-likeness (QED) is 0.312. The number of hydrogen-bond acceptors (Lipinski definition) is 2. The first-order valence-electron chi connectivity index (χ1n) is 4.33. The third kappa shape index (κ3) is 9.88. The molecule has 0 aliphatic heterocycles. The first kappa shape index (κ1) is 10.9. The van der Waals surface area contributed by atoms with Gasteiger partial charge in [0.15, 0.2) is 0 Å². The van der Waals surface area contributed by atoms with Gasteiger partial charge in [-0.1, -0.05) is 39.0 Å². The third-order valence-electron chi connectivity index (χ3n) is 1.63. The highest BCUT2D eigenvalue weighted by atomic mass is 17.5. The Labute approximate surface area is 68.2 Å². The first-order chi connectivity index (χ1) is 5.41. The van der Waals surface area contributed by atoms with Crippen LogP contribution in [0.4, 0.5) is 0 Å². The molecule has 67 valence electrons. The summed E-state index contributed by atoms with van der Waals surface area (Å²) < 4.78 is 0. The van der Waals surface area contributed by atoms with Crippen LogP contribution < -0.4 is 0 Å². The van der Waals surface area contributed by atoms with Gasteiger partial charge in [0.1, 0.15) is 0 Å². The maximum absolute atomic E-state index is 9.34. The molecule has 0 fully saturated rings. The molecule has 0 aromatic heterocycles. The molecular formula is C8H17O3. The Bertz CT molecular complexity index is 58.4. The van der Waals surface area contributed by atoms with Crippen molar-refractivity contribution >= 4 is 0 Å². The highest BCUT2D eigenvalue weighted by Gasteiger charge is 1.90. The van der Waals surface area contributed by atoms with E-state index in [1.807, 2.05) is 0 Å². The monoisotopic (exact) mass is 161 g/mol. The van der Waals surface area contributed by atoms with Crippen LogP contribution in [0, 0.1) is 0 Å². The molecule has 0 aliphatic carbocycles. The van der Waals surface area contributed by atoms with E-state index in [1.54, 1.807) is 0 Å². The van der Waals surface area contributed by atoms with Crippen LogP contribution >= 0.6 is 0 Å². The summed E-state index contributed by atoms with van der Waals surface area (Å²) in [5, 5.41) is 12.6. The molecular weight excluding hydrogens is 144 g/mol. The van der Waals surface area contributed by atoms with Gasteiger partial charge >= 0.3 is 0 Å². The van der Waals surface area contributed by atoms with Gasteiger partial charge in [0.25, 0.3) is 0 Å². The lowest BCUT2D eigenvalue weighted by Gasteiger charge is -1.98. The minimum Gasteiger partial charge on any atom is -0.204 e. The molecule has 1 radical (unpaired) electrons. The molecule has 0 unspecified atom stereocenters. The van der Waals surface area contributed by atoms with Crippen molar-refractivity contribution in [1.29, 1.82) is 0 Å². The van der Waals surface area contributed by atoms with Crippen molar-refractivity contribution < 1.29 is 15.2 Å². The van der Waals surface area contributed by atoms with Gasteiger partial charge in [-0.15, -0.1) is 0 Å². The second-order valence-electron chi connectivity index (χ2n) is 2.66. The van der Waals surface area contributed by atoms with Gasteiger partial charge in [0.05, 0.1) is 6.61 Å². The molecule has 0 heterocycles. The van der Waals surface area contributed by atoms with Gasteiger partial charge in [-0.05, 0) is 16.7 Å².